The van der Waals surface area contributed by atoms with Crippen LogP contribution in [0.4, 0.5) is 0 Å². The fraction of sp³-hybridized carbons (Fsp3) is 0.192. The van der Waals surface area contributed by atoms with Gasteiger partial charge in [-0.05, 0) is 51.6 Å². The summed E-state index contributed by atoms with van der Waals surface area (Å²) in [4.78, 5) is 14.2. The minimum absolute atomic E-state index is 0.0886. The van der Waals surface area contributed by atoms with Gasteiger partial charge in [-0.15, -0.1) is 0 Å². The average molecular weight is 381 g/mol. The number of hydrogen-bond donors (Lipinski definition) is 1. The summed E-state index contributed by atoms with van der Waals surface area (Å²) in [5.41, 5.74) is 2.32. The molecule has 0 spiro atoms. The molecule has 1 saturated heterocycles. The molecule has 4 aromatic rings. The van der Waals surface area contributed by atoms with Crippen LogP contribution in [0.2, 0.25) is 0 Å². The molecule has 1 aliphatic rings. The van der Waals surface area contributed by atoms with Crippen molar-refractivity contribution < 1.29 is 9.90 Å². The molecule has 4 aromatic carbocycles. The van der Waals surface area contributed by atoms with Crippen molar-refractivity contribution in [3.63, 3.8) is 0 Å². The van der Waals surface area contributed by atoms with Gasteiger partial charge in [-0.3, -0.25) is 9.69 Å². The summed E-state index contributed by atoms with van der Waals surface area (Å²) in [7, 11) is 0. The predicted octanol–water partition coefficient (Wildman–Crippen LogP) is 5.63. The third kappa shape index (κ3) is 3.18. The molecule has 0 bridgehead atoms. The molecule has 3 heteroatoms. The van der Waals surface area contributed by atoms with E-state index >= 15 is 0 Å². The molecule has 1 fully saturated rings. The van der Waals surface area contributed by atoms with Crippen molar-refractivity contribution in [2.45, 2.75) is 24.9 Å². The fourth-order valence-corrected chi connectivity index (χ4v) is 4.78. The van der Waals surface area contributed by atoms with Gasteiger partial charge >= 0.3 is 5.97 Å². The Morgan fingerprint density at radius 2 is 1.59 bits per heavy atom. The summed E-state index contributed by atoms with van der Waals surface area (Å²) < 4.78 is 0. The van der Waals surface area contributed by atoms with E-state index in [2.05, 4.69) is 77.7 Å². The van der Waals surface area contributed by atoms with Crippen LogP contribution in [0.3, 0.4) is 0 Å². The molecule has 0 saturated carbocycles. The number of carboxylic acids is 1. The summed E-state index contributed by atoms with van der Waals surface area (Å²) >= 11 is 0. The van der Waals surface area contributed by atoms with Crippen molar-refractivity contribution in [2.24, 2.45) is 0 Å². The van der Waals surface area contributed by atoms with Crippen LogP contribution in [-0.2, 0) is 4.79 Å². The lowest BCUT2D eigenvalue weighted by Crippen LogP contribution is -2.39. The topological polar surface area (TPSA) is 40.5 Å². The number of carboxylic acid groups (broad SMARTS) is 1. The summed E-state index contributed by atoms with van der Waals surface area (Å²) in [6, 6.07) is 29.0. The Hall–Kier alpha value is -3.17. The maximum Gasteiger partial charge on any atom is 0.320 e. The number of likely N-dealkylation sites (tertiary alicyclic amines) is 1. The molecule has 0 aromatic heterocycles. The standard InChI is InChI=1S/C26H23NO2/c28-26(29)24-13-6-16-27(24)25(21-15-14-18-7-1-2-9-20(18)17-21)23-12-5-10-19-8-3-4-11-22(19)23/h1-5,7-12,14-15,17,24-25H,6,13,16H2,(H,28,29). The van der Waals surface area contributed by atoms with Crippen molar-refractivity contribution in [3.05, 3.63) is 96.1 Å². The number of fused-ring (bicyclic) bond motifs is 2. The highest BCUT2D eigenvalue weighted by Gasteiger charge is 2.37. The van der Waals surface area contributed by atoms with Crippen molar-refractivity contribution in [2.75, 3.05) is 6.54 Å². The van der Waals surface area contributed by atoms with Crippen molar-refractivity contribution >= 4 is 27.5 Å². The highest BCUT2D eigenvalue weighted by atomic mass is 16.4. The molecule has 3 nitrogen and oxygen atoms in total. The van der Waals surface area contributed by atoms with Gasteiger partial charge in [0.25, 0.3) is 0 Å². The number of hydrogen-bond acceptors (Lipinski definition) is 2. The normalized spacial score (nSPS) is 18.3. The van der Waals surface area contributed by atoms with Gasteiger partial charge in [0.1, 0.15) is 6.04 Å². The fourth-order valence-electron chi connectivity index (χ4n) is 4.78. The van der Waals surface area contributed by atoms with Crippen molar-refractivity contribution in [1.82, 2.24) is 4.90 Å². The van der Waals surface area contributed by atoms with E-state index in [1.807, 2.05) is 12.1 Å². The number of aliphatic carboxylic acids is 1. The third-order valence-corrected chi connectivity index (χ3v) is 6.12. The molecule has 0 radical (unpaired) electrons. The molecule has 5 rings (SSSR count). The zero-order valence-electron chi connectivity index (χ0n) is 16.2. The summed E-state index contributed by atoms with van der Waals surface area (Å²) in [6.07, 6.45) is 1.61. The molecule has 0 aliphatic carbocycles. The molecule has 1 N–H and O–H groups in total. The van der Waals surface area contributed by atoms with Crippen LogP contribution in [0.5, 0.6) is 0 Å². The second-order valence-corrected chi connectivity index (χ2v) is 7.81. The van der Waals surface area contributed by atoms with Crippen LogP contribution in [0, 0.1) is 0 Å². The van der Waals surface area contributed by atoms with Crippen LogP contribution in [0.25, 0.3) is 21.5 Å². The van der Waals surface area contributed by atoms with E-state index in [0.29, 0.717) is 6.42 Å². The quantitative estimate of drug-likeness (QED) is 0.498. The lowest BCUT2D eigenvalue weighted by molar-refractivity contribution is -0.142. The summed E-state index contributed by atoms with van der Waals surface area (Å²) in [5, 5.41) is 14.6. The second kappa shape index (κ2) is 7.34. The first kappa shape index (κ1) is 17.9. The summed E-state index contributed by atoms with van der Waals surface area (Å²) in [6.45, 7) is 0.789. The van der Waals surface area contributed by atoms with E-state index in [9.17, 15) is 9.90 Å². The van der Waals surface area contributed by atoms with Crippen LogP contribution in [0.1, 0.15) is 30.0 Å². The van der Waals surface area contributed by atoms with Crippen molar-refractivity contribution in [3.8, 4) is 0 Å². The Morgan fingerprint density at radius 1 is 0.862 bits per heavy atom. The highest BCUT2D eigenvalue weighted by molar-refractivity contribution is 5.88. The number of benzene rings is 4. The SMILES string of the molecule is O=C(O)C1CCCN1C(c1ccc2ccccc2c1)c1cccc2ccccc12. The van der Waals surface area contributed by atoms with E-state index in [0.717, 1.165) is 18.5 Å². The van der Waals surface area contributed by atoms with Gasteiger partial charge in [0, 0.05) is 6.54 Å². The van der Waals surface area contributed by atoms with Gasteiger partial charge < -0.3 is 5.11 Å². The Morgan fingerprint density at radius 3 is 2.41 bits per heavy atom. The van der Waals surface area contributed by atoms with Crippen LogP contribution < -0.4 is 0 Å². The minimum atomic E-state index is -0.728. The number of nitrogens with zero attached hydrogens (tertiary/aromatic N) is 1. The summed E-state index contributed by atoms with van der Waals surface area (Å²) in [5.74, 6) is -0.728. The zero-order valence-corrected chi connectivity index (χ0v) is 16.2. The van der Waals surface area contributed by atoms with Crippen LogP contribution in [0.15, 0.2) is 84.9 Å². The Balaban J connectivity index is 1.73. The highest BCUT2D eigenvalue weighted by Crippen LogP contribution is 2.38. The van der Waals surface area contributed by atoms with Gasteiger partial charge in [0.2, 0.25) is 0 Å². The second-order valence-electron chi connectivity index (χ2n) is 7.81. The number of carbonyl (C=O) groups is 1. The Labute approximate surface area is 170 Å². The molecule has 144 valence electrons. The monoisotopic (exact) mass is 381 g/mol. The number of rotatable bonds is 4. The van der Waals surface area contributed by atoms with E-state index in [-0.39, 0.29) is 6.04 Å². The first-order chi connectivity index (χ1) is 14.2. The first-order valence-electron chi connectivity index (χ1n) is 10.2. The van der Waals surface area contributed by atoms with E-state index in [1.165, 1.54) is 27.1 Å². The molecular weight excluding hydrogens is 358 g/mol. The lowest BCUT2D eigenvalue weighted by Gasteiger charge is -2.33. The third-order valence-electron chi connectivity index (χ3n) is 6.12. The average Bonchev–Trinajstić information content (AvgIpc) is 3.24. The van der Waals surface area contributed by atoms with E-state index in [4.69, 9.17) is 0 Å². The minimum Gasteiger partial charge on any atom is -0.480 e. The van der Waals surface area contributed by atoms with E-state index < -0.39 is 12.0 Å². The maximum absolute atomic E-state index is 12.0. The Kier molecular flexibility index (Phi) is 4.53. The van der Waals surface area contributed by atoms with Gasteiger partial charge in [-0.25, -0.2) is 0 Å². The Bertz CT molecular complexity index is 1190. The molecule has 1 aliphatic heterocycles. The predicted molar refractivity (Wildman–Crippen MR) is 117 cm³/mol. The van der Waals surface area contributed by atoms with Gasteiger partial charge in [-0.2, -0.15) is 0 Å². The van der Waals surface area contributed by atoms with Crippen LogP contribution in [-0.4, -0.2) is 28.6 Å². The molecular formula is C26H23NO2. The van der Waals surface area contributed by atoms with Crippen LogP contribution >= 0.6 is 0 Å². The smallest absolute Gasteiger partial charge is 0.320 e. The molecule has 29 heavy (non-hydrogen) atoms. The first-order valence-corrected chi connectivity index (χ1v) is 10.2. The lowest BCUT2D eigenvalue weighted by atomic mass is 9.91. The maximum atomic E-state index is 12.0. The van der Waals surface area contributed by atoms with Gasteiger partial charge in [-0.1, -0.05) is 78.9 Å². The molecule has 2 unspecified atom stereocenters. The molecule has 2 atom stereocenters. The van der Waals surface area contributed by atoms with E-state index in [1.54, 1.807) is 0 Å². The molecule has 0 amide bonds. The molecule has 1 heterocycles. The van der Waals surface area contributed by atoms with Crippen molar-refractivity contribution in [1.29, 1.82) is 0 Å². The van der Waals surface area contributed by atoms with Gasteiger partial charge in [0.15, 0.2) is 0 Å². The zero-order chi connectivity index (χ0) is 19.8. The largest absolute Gasteiger partial charge is 0.480 e. The van der Waals surface area contributed by atoms with Gasteiger partial charge in [0.05, 0.1) is 6.04 Å².